The summed E-state index contributed by atoms with van der Waals surface area (Å²) in [5, 5.41) is 1.25. The first-order valence-electron chi connectivity index (χ1n) is 7.02. The van der Waals surface area contributed by atoms with Crippen molar-refractivity contribution in [3.63, 3.8) is 0 Å². The van der Waals surface area contributed by atoms with Crippen molar-refractivity contribution in [2.75, 3.05) is 0 Å². The van der Waals surface area contributed by atoms with Crippen molar-refractivity contribution in [1.29, 1.82) is 0 Å². The number of nitrogens with zero attached hydrogens (tertiary/aromatic N) is 3. The second-order valence-electron chi connectivity index (χ2n) is 4.96. The van der Waals surface area contributed by atoms with Crippen molar-refractivity contribution in [2.24, 2.45) is 0 Å². The number of pyridine rings is 1. The summed E-state index contributed by atoms with van der Waals surface area (Å²) >= 11 is 3.24. The Kier molecular flexibility index (Phi) is 4.35. The van der Waals surface area contributed by atoms with Gasteiger partial charge >= 0.3 is 0 Å². The molecule has 6 heteroatoms. The van der Waals surface area contributed by atoms with Crippen LogP contribution in [0.15, 0.2) is 39.2 Å². The number of rotatable bonds is 4. The first kappa shape index (κ1) is 14.7. The van der Waals surface area contributed by atoms with E-state index in [1.54, 1.807) is 34.3 Å². The van der Waals surface area contributed by atoms with E-state index in [4.69, 9.17) is 4.98 Å². The highest BCUT2D eigenvalue weighted by Crippen LogP contribution is 2.34. The molecular weight excluding hydrogens is 302 g/mol. The Labute approximate surface area is 132 Å². The van der Waals surface area contributed by atoms with E-state index in [0.717, 1.165) is 33.6 Å². The zero-order valence-corrected chi connectivity index (χ0v) is 13.7. The van der Waals surface area contributed by atoms with Gasteiger partial charge < -0.3 is 0 Å². The fraction of sp³-hybridized carbons (Fsp3) is 0.400. The predicted molar refractivity (Wildman–Crippen MR) is 87.0 cm³/mol. The third-order valence-corrected chi connectivity index (χ3v) is 5.58. The average Bonchev–Trinajstić information content (AvgIpc) is 2.87. The number of thioether (sulfide) groups is 2. The van der Waals surface area contributed by atoms with Crippen molar-refractivity contribution >= 4 is 23.5 Å². The van der Waals surface area contributed by atoms with Gasteiger partial charge in [-0.2, -0.15) is 0 Å². The van der Waals surface area contributed by atoms with Crippen LogP contribution in [0.25, 0.3) is 0 Å². The molecule has 1 aliphatic rings. The maximum absolute atomic E-state index is 12.5. The van der Waals surface area contributed by atoms with E-state index in [0.29, 0.717) is 11.8 Å². The van der Waals surface area contributed by atoms with Crippen molar-refractivity contribution < 1.29 is 0 Å². The van der Waals surface area contributed by atoms with Crippen molar-refractivity contribution in [1.82, 2.24) is 14.5 Å². The van der Waals surface area contributed by atoms with Gasteiger partial charge in [0.2, 0.25) is 0 Å². The number of hydrogen-bond donors (Lipinski definition) is 0. The molecule has 3 rings (SSSR count). The molecule has 1 atom stereocenters. The molecule has 110 valence electrons. The molecule has 1 unspecified atom stereocenters. The van der Waals surface area contributed by atoms with E-state index in [1.807, 2.05) is 25.1 Å². The topological polar surface area (TPSA) is 47.8 Å². The van der Waals surface area contributed by atoms with Crippen LogP contribution in [-0.4, -0.2) is 19.8 Å². The summed E-state index contributed by atoms with van der Waals surface area (Å²) in [6.45, 7) is 4.78. The molecule has 0 amide bonds. The van der Waals surface area contributed by atoms with E-state index >= 15 is 0 Å². The zero-order chi connectivity index (χ0) is 14.8. The smallest absolute Gasteiger partial charge is 0.268 e. The monoisotopic (exact) mass is 319 g/mol. The molecule has 0 fully saturated rings. The van der Waals surface area contributed by atoms with Gasteiger partial charge in [0.15, 0.2) is 5.16 Å². The minimum Gasteiger partial charge on any atom is -0.287 e. The molecule has 21 heavy (non-hydrogen) atoms. The first-order valence-corrected chi connectivity index (χ1v) is 8.88. The first-order chi connectivity index (χ1) is 10.2. The second-order valence-corrected chi connectivity index (χ2v) is 7.35. The number of aromatic nitrogens is 3. The molecule has 0 saturated heterocycles. The van der Waals surface area contributed by atoms with Gasteiger partial charge in [0, 0.05) is 30.2 Å². The zero-order valence-electron chi connectivity index (χ0n) is 12.1. The minimum absolute atomic E-state index is 0.111. The fourth-order valence-electron chi connectivity index (χ4n) is 2.34. The molecule has 0 N–H and O–H groups in total. The molecule has 3 heterocycles. The molecule has 4 nitrogen and oxygen atoms in total. The highest BCUT2D eigenvalue weighted by atomic mass is 32.2. The third kappa shape index (κ3) is 3.01. The van der Waals surface area contributed by atoms with Gasteiger partial charge in [0.1, 0.15) is 0 Å². The summed E-state index contributed by atoms with van der Waals surface area (Å²) in [6, 6.07) is 5.87. The minimum atomic E-state index is 0.111. The van der Waals surface area contributed by atoms with Gasteiger partial charge in [-0.3, -0.25) is 14.3 Å². The average molecular weight is 319 g/mol. The lowest BCUT2D eigenvalue weighted by molar-refractivity contribution is 0.595. The van der Waals surface area contributed by atoms with Crippen LogP contribution in [0.5, 0.6) is 0 Å². The Bertz CT molecular complexity index is 700. The van der Waals surface area contributed by atoms with E-state index in [1.165, 1.54) is 0 Å². The third-order valence-electron chi connectivity index (χ3n) is 3.35. The van der Waals surface area contributed by atoms with Crippen molar-refractivity contribution in [2.45, 2.75) is 47.9 Å². The number of fused-ring (bicyclic) bond motifs is 1. The van der Waals surface area contributed by atoms with Gasteiger partial charge in [-0.05, 0) is 19.1 Å². The molecule has 1 aliphatic heterocycles. The van der Waals surface area contributed by atoms with Crippen molar-refractivity contribution in [3.8, 4) is 0 Å². The van der Waals surface area contributed by atoms with Crippen LogP contribution in [-0.2, 0) is 18.7 Å². The summed E-state index contributed by atoms with van der Waals surface area (Å²) in [4.78, 5) is 22.4. The SMILES string of the molecule is CCn1c(SCc2ccccn2)nc2c(c1=O)SC(C)C2. The predicted octanol–water partition coefficient (Wildman–Crippen LogP) is 2.99. The summed E-state index contributed by atoms with van der Waals surface area (Å²) in [6.07, 6.45) is 2.67. The summed E-state index contributed by atoms with van der Waals surface area (Å²) in [5.41, 5.74) is 2.08. The largest absolute Gasteiger partial charge is 0.287 e. The van der Waals surface area contributed by atoms with Gasteiger partial charge in [-0.25, -0.2) is 4.98 Å². The van der Waals surface area contributed by atoms with E-state index < -0.39 is 0 Å². The van der Waals surface area contributed by atoms with Gasteiger partial charge in [-0.1, -0.05) is 24.8 Å². The molecular formula is C15H17N3OS2. The van der Waals surface area contributed by atoms with E-state index in [2.05, 4.69) is 11.9 Å². The van der Waals surface area contributed by atoms with Gasteiger partial charge in [0.05, 0.1) is 16.3 Å². The summed E-state index contributed by atoms with van der Waals surface area (Å²) < 4.78 is 1.78. The molecule has 2 aromatic heterocycles. The normalized spacial score (nSPS) is 17.0. The molecule has 0 bridgehead atoms. The summed E-state index contributed by atoms with van der Waals surface area (Å²) in [7, 11) is 0. The van der Waals surface area contributed by atoms with Crippen LogP contribution in [0.2, 0.25) is 0 Å². The Morgan fingerprint density at radius 3 is 3.05 bits per heavy atom. The molecule has 2 aromatic rings. The fourth-order valence-corrected chi connectivity index (χ4v) is 4.45. The number of hydrogen-bond acceptors (Lipinski definition) is 5. The highest BCUT2D eigenvalue weighted by molar-refractivity contribution is 8.00. The van der Waals surface area contributed by atoms with Gasteiger partial charge in [-0.15, -0.1) is 11.8 Å². The van der Waals surface area contributed by atoms with Crippen LogP contribution in [0.4, 0.5) is 0 Å². The van der Waals surface area contributed by atoms with Gasteiger partial charge in [0.25, 0.3) is 5.56 Å². The Hall–Kier alpha value is -1.27. The van der Waals surface area contributed by atoms with E-state index in [-0.39, 0.29) is 5.56 Å². The lowest BCUT2D eigenvalue weighted by atomic mass is 10.2. The lowest BCUT2D eigenvalue weighted by Gasteiger charge is -2.11. The second kappa shape index (κ2) is 6.23. The quantitative estimate of drug-likeness (QED) is 0.640. The van der Waals surface area contributed by atoms with E-state index in [9.17, 15) is 4.79 Å². The summed E-state index contributed by atoms with van der Waals surface area (Å²) in [5.74, 6) is 0.731. The van der Waals surface area contributed by atoms with Crippen LogP contribution in [0.1, 0.15) is 25.2 Å². The Morgan fingerprint density at radius 1 is 1.48 bits per heavy atom. The Morgan fingerprint density at radius 2 is 2.33 bits per heavy atom. The Balaban J connectivity index is 1.90. The maximum atomic E-state index is 12.5. The molecule has 0 spiro atoms. The molecule has 0 radical (unpaired) electrons. The molecule has 0 aromatic carbocycles. The van der Waals surface area contributed by atoms with Crippen LogP contribution in [0.3, 0.4) is 0 Å². The van der Waals surface area contributed by atoms with Crippen LogP contribution in [0, 0.1) is 0 Å². The molecule has 0 saturated carbocycles. The van der Waals surface area contributed by atoms with Crippen LogP contribution < -0.4 is 5.56 Å². The van der Waals surface area contributed by atoms with Crippen molar-refractivity contribution in [3.05, 3.63) is 46.1 Å². The highest BCUT2D eigenvalue weighted by Gasteiger charge is 2.25. The standard InChI is InChI=1S/C15H17N3OS2/c1-3-18-14(19)13-12(8-10(2)21-13)17-15(18)20-9-11-6-4-5-7-16-11/h4-7,10H,3,8-9H2,1-2H3. The maximum Gasteiger partial charge on any atom is 0.268 e. The molecule has 0 aliphatic carbocycles. The lowest BCUT2D eigenvalue weighted by Crippen LogP contribution is -2.24. The van der Waals surface area contributed by atoms with Crippen LogP contribution >= 0.6 is 23.5 Å².